The van der Waals surface area contributed by atoms with Crippen LogP contribution in [0.1, 0.15) is 78.6 Å². The third kappa shape index (κ3) is 5.94. The third-order valence-corrected chi connectivity index (χ3v) is 7.86. The van der Waals surface area contributed by atoms with E-state index >= 15 is 0 Å². The van der Waals surface area contributed by atoms with Crippen LogP contribution in [0.5, 0.6) is 0 Å². The summed E-state index contributed by atoms with van der Waals surface area (Å²) in [4.78, 5) is 12.3. The maximum Gasteiger partial charge on any atom is 0.416 e. The van der Waals surface area contributed by atoms with Gasteiger partial charge in [0.1, 0.15) is 6.10 Å². The summed E-state index contributed by atoms with van der Waals surface area (Å²) in [6.07, 6.45) is 3.80. The topological polar surface area (TPSA) is 87.0 Å². The number of esters is 1. The molecule has 34 heavy (non-hydrogen) atoms. The molecule has 3 aliphatic rings. The molecule has 2 fully saturated rings. The van der Waals surface area contributed by atoms with Gasteiger partial charge < -0.3 is 20.1 Å². The van der Waals surface area contributed by atoms with Gasteiger partial charge in [0.15, 0.2) is 5.60 Å². The summed E-state index contributed by atoms with van der Waals surface area (Å²) < 4.78 is 44.0. The van der Waals surface area contributed by atoms with E-state index < -0.39 is 48.9 Å². The summed E-state index contributed by atoms with van der Waals surface area (Å²) in [5, 5.41) is 29.4. The van der Waals surface area contributed by atoms with Crippen molar-refractivity contribution < 1.29 is 38.0 Å². The molecule has 2 saturated carbocycles. The fourth-order valence-corrected chi connectivity index (χ4v) is 5.82. The van der Waals surface area contributed by atoms with Gasteiger partial charge >= 0.3 is 12.1 Å². The van der Waals surface area contributed by atoms with Crippen molar-refractivity contribution in [1.29, 1.82) is 0 Å². The SMILES string of the molecule is C[C@H](OC(=O)CC[C@@](C)(O)C(F)(F)F)C1=CC[C@H]2C(=CC=C3C[C@@H](O)C[C@H](O)C3)CCC[C@]12C. The summed E-state index contributed by atoms with van der Waals surface area (Å²) in [7, 11) is 0. The molecule has 0 aromatic carbocycles. The summed E-state index contributed by atoms with van der Waals surface area (Å²) in [5.74, 6) is -0.505. The van der Waals surface area contributed by atoms with Gasteiger partial charge in [-0.2, -0.15) is 13.2 Å². The highest BCUT2D eigenvalue weighted by Crippen LogP contribution is 2.55. The molecule has 0 radical (unpaired) electrons. The molecule has 0 heterocycles. The van der Waals surface area contributed by atoms with Crippen molar-refractivity contribution in [3.63, 3.8) is 0 Å². The standard InChI is InChI=1S/C26H37F3O5/c1-16(34-23(32)10-12-25(3,33)26(27,28)29)21-8-9-22-18(5-4-11-24(21,22)2)7-6-17-13-19(30)15-20(31)14-17/h6-8,16,19-20,22,30-31,33H,4-5,9-15H2,1-3H3/t16-,19+,20+,22-,24+,25+/m0/s1. The van der Waals surface area contributed by atoms with Gasteiger partial charge in [0, 0.05) is 6.42 Å². The van der Waals surface area contributed by atoms with Crippen molar-refractivity contribution in [2.24, 2.45) is 11.3 Å². The predicted octanol–water partition coefficient (Wildman–Crippen LogP) is 4.91. The fraction of sp³-hybridized carbons (Fsp3) is 0.731. The number of alkyl halides is 3. The van der Waals surface area contributed by atoms with Crippen LogP contribution < -0.4 is 0 Å². The van der Waals surface area contributed by atoms with Gasteiger partial charge in [-0.3, -0.25) is 4.79 Å². The van der Waals surface area contributed by atoms with E-state index in [1.165, 1.54) is 5.57 Å². The Morgan fingerprint density at radius 3 is 2.53 bits per heavy atom. The average Bonchev–Trinajstić information content (AvgIpc) is 3.07. The van der Waals surface area contributed by atoms with Crippen LogP contribution in [0.25, 0.3) is 0 Å². The zero-order valence-electron chi connectivity index (χ0n) is 20.2. The van der Waals surface area contributed by atoms with Gasteiger partial charge in [0.25, 0.3) is 0 Å². The summed E-state index contributed by atoms with van der Waals surface area (Å²) in [6, 6.07) is 0. The fourth-order valence-electron chi connectivity index (χ4n) is 5.82. The quantitative estimate of drug-likeness (QED) is 0.367. The van der Waals surface area contributed by atoms with E-state index in [-0.39, 0.29) is 11.3 Å². The first-order valence-electron chi connectivity index (χ1n) is 12.2. The average molecular weight is 487 g/mol. The first kappa shape index (κ1) is 27.0. The molecule has 3 aliphatic carbocycles. The first-order chi connectivity index (χ1) is 15.7. The van der Waals surface area contributed by atoms with Crippen LogP contribution >= 0.6 is 0 Å². The van der Waals surface area contributed by atoms with E-state index in [1.54, 1.807) is 6.92 Å². The highest BCUT2D eigenvalue weighted by Gasteiger charge is 2.50. The lowest BCUT2D eigenvalue weighted by Crippen LogP contribution is -2.42. The molecule has 0 aromatic rings. The van der Waals surface area contributed by atoms with Crippen molar-refractivity contribution in [1.82, 2.24) is 0 Å². The Morgan fingerprint density at radius 1 is 1.26 bits per heavy atom. The van der Waals surface area contributed by atoms with Gasteiger partial charge in [0.2, 0.25) is 0 Å². The molecule has 6 atom stereocenters. The Balaban J connectivity index is 1.64. The van der Waals surface area contributed by atoms with E-state index in [4.69, 9.17) is 4.74 Å². The monoisotopic (exact) mass is 486 g/mol. The second-order valence-electron chi connectivity index (χ2n) is 10.6. The summed E-state index contributed by atoms with van der Waals surface area (Å²) in [5.41, 5.74) is 0.193. The van der Waals surface area contributed by atoms with E-state index in [0.717, 1.165) is 36.8 Å². The number of ether oxygens (including phenoxy) is 1. The van der Waals surface area contributed by atoms with Crippen molar-refractivity contribution in [2.45, 2.75) is 109 Å². The van der Waals surface area contributed by atoms with Gasteiger partial charge in [0.05, 0.1) is 12.2 Å². The van der Waals surface area contributed by atoms with Crippen molar-refractivity contribution in [3.8, 4) is 0 Å². The largest absolute Gasteiger partial charge is 0.458 e. The molecule has 0 bridgehead atoms. The molecule has 0 saturated heterocycles. The number of halogens is 3. The number of rotatable bonds is 6. The van der Waals surface area contributed by atoms with Crippen molar-refractivity contribution in [2.75, 3.05) is 0 Å². The number of hydrogen-bond donors (Lipinski definition) is 3. The molecule has 0 aliphatic heterocycles. The van der Waals surface area contributed by atoms with Crippen molar-refractivity contribution >= 4 is 5.97 Å². The zero-order valence-corrected chi connectivity index (χ0v) is 20.2. The number of hydrogen-bond acceptors (Lipinski definition) is 5. The van der Waals surface area contributed by atoms with Crippen LogP contribution in [-0.4, -0.2) is 51.4 Å². The highest BCUT2D eigenvalue weighted by atomic mass is 19.4. The summed E-state index contributed by atoms with van der Waals surface area (Å²) in [6.45, 7) is 4.57. The molecule has 5 nitrogen and oxygen atoms in total. The second kappa shape index (κ2) is 10.2. The maximum absolute atomic E-state index is 12.8. The maximum atomic E-state index is 12.8. The predicted molar refractivity (Wildman–Crippen MR) is 122 cm³/mol. The lowest BCUT2D eigenvalue weighted by molar-refractivity contribution is -0.255. The molecule has 0 aromatic heterocycles. The molecule has 3 N–H and O–H groups in total. The molecular weight excluding hydrogens is 449 g/mol. The van der Waals surface area contributed by atoms with E-state index in [2.05, 4.69) is 19.1 Å². The van der Waals surface area contributed by atoms with Crippen LogP contribution in [0.2, 0.25) is 0 Å². The molecule has 0 amide bonds. The molecule has 192 valence electrons. The molecule has 8 heteroatoms. The lowest BCUT2D eigenvalue weighted by atomic mass is 9.63. The van der Waals surface area contributed by atoms with Crippen LogP contribution in [0, 0.1) is 11.3 Å². The number of carbonyl (C=O) groups excluding carboxylic acids is 1. The minimum atomic E-state index is -4.80. The normalized spacial score (nSPS) is 33.7. The van der Waals surface area contributed by atoms with E-state index in [1.807, 2.05) is 6.08 Å². The first-order valence-corrected chi connectivity index (χ1v) is 12.2. The van der Waals surface area contributed by atoms with Gasteiger partial charge in [-0.15, -0.1) is 0 Å². The van der Waals surface area contributed by atoms with Crippen molar-refractivity contribution in [3.05, 3.63) is 34.9 Å². The van der Waals surface area contributed by atoms with E-state index in [0.29, 0.717) is 26.2 Å². The number of fused-ring (bicyclic) bond motifs is 1. The minimum Gasteiger partial charge on any atom is -0.458 e. The van der Waals surface area contributed by atoms with Crippen LogP contribution in [0.4, 0.5) is 13.2 Å². The lowest BCUT2D eigenvalue weighted by Gasteiger charge is -2.42. The Kier molecular flexibility index (Phi) is 8.05. The Bertz CT molecular complexity index is 845. The van der Waals surface area contributed by atoms with Crippen LogP contribution in [0.15, 0.2) is 34.9 Å². The molecular formula is C26H37F3O5. The highest BCUT2D eigenvalue weighted by molar-refractivity contribution is 5.70. The Morgan fingerprint density at radius 2 is 1.91 bits per heavy atom. The third-order valence-electron chi connectivity index (χ3n) is 7.86. The van der Waals surface area contributed by atoms with Gasteiger partial charge in [-0.1, -0.05) is 36.3 Å². The number of aliphatic hydroxyl groups is 3. The van der Waals surface area contributed by atoms with Gasteiger partial charge in [-0.25, -0.2) is 0 Å². The number of carbonyl (C=O) groups is 1. The molecule has 3 rings (SSSR count). The molecule has 0 unspecified atom stereocenters. The Labute approximate surface area is 199 Å². The number of aliphatic hydroxyl groups excluding tert-OH is 2. The van der Waals surface area contributed by atoms with Crippen LogP contribution in [0.3, 0.4) is 0 Å². The second-order valence-corrected chi connectivity index (χ2v) is 10.6. The van der Waals surface area contributed by atoms with E-state index in [9.17, 15) is 33.3 Å². The van der Waals surface area contributed by atoms with Gasteiger partial charge in [-0.05, 0) is 82.1 Å². The Hall–Kier alpha value is -1.64. The van der Waals surface area contributed by atoms with Crippen LogP contribution in [-0.2, 0) is 9.53 Å². The zero-order chi connectivity index (χ0) is 25.3. The minimum absolute atomic E-state index is 0.203. The summed E-state index contributed by atoms with van der Waals surface area (Å²) >= 11 is 0. The molecule has 0 spiro atoms. The smallest absolute Gasteiger partial charge is 0.416 e. The number of allylic oxidation sites excluding steroid dienone is 4.